The van der Waals surface area contributed by atoms with Crippen LogP contribution < -0.4 is 16.0 Å². The number of phenols is 1. The number of phenolic OH excluding ortho intramolecular Hbond substituents is 1. The van der Waals surface area contributed by atoms with E-state index in [-0.39, 0.29) is 35.9 Å². The Morgan fingerprint density at radius 3 is 2.44 bits per heavy atom. The van der Waals surface area contributed by atoms with Gasteiger partial charge in [0.2, 0.25) is 11.8 Å². The van der Waals surface area contributed by atoms with E-state index in [2.05, 4.69) is 20.9 Å². The number of Topliss-reactive ketones (excluding diaryl/α,β-unsaturated/α-hetero) is 1. The standard InChI is InChI=1S/C29H36N4O6/c1-16-13-23(35)25(19-8-5-9-19)33-27(37)17(2)26(36)21(14-18-7-6-12-30-15-18)31-29(39)24(16)32-28(38)20-10-3-4-11-22(20)34/h3-4,6-7,10-12,15-17,19,21,24-26,34,36H,5,8-9,13-14H2,1-2H3,(H,31,39)(H,32,38)(H,33,37)/t16-,17+,21-,24-,25?,26-/m0/s1. The van der Waals surface area contributed by atoms with Gasteiger partial charge in [0.15, 0.2) is 5.78 Å². The number of aromatic nitrogens is 1. The maximum Gasteiger partial charge on any atom is 0.255 e. The van der Waals surface area contributed by atoms with Gasteiger partial charge < -0.3 is 26.2 Å². The smallest absolute Gasteiger partial charge is 0.255 e. The molecule has 2 aliphatic rings. The van der Waals surface area contributed by atoms with Crippen LogP contribution in [0.15, 0.2) is 48.8 Å². The third-order valence-corrected chi connectivity index (χ3v) is 7.92. The third kappa shape index (κ3) is 6.62. The molecule has 1 aromatic carbocycles. The number of benzene rings is 1. The number of aliphatic hydroxyl groups is 1. The molecule has 3 amide bonds. The summed E-state index contributed by atoms with van der Waals surface area (Å²) in [5, 5.41) is 29.8. The Hall–Kier alpha value is -3.79. The second kappa shape index (κ2) is 12.4. The number of aromatic hydroxyl groups is 1. The molecule has 1 saturated carbocycles. The van der Waals surface area contributed by atoms with E-state index in [0.29, 0.717) is 0 Å². The van der Waals surface area contributed by atoms with E-state index in [1.807, 2.05) is 0 Å². The molecule has 0 bridgehead atoms. The Morgan fingerprint density at radius 2 is 1.79 bits per heavy atom. The predicted molar refractivity (Wildman–Crippen MR) is 142 cm³/mol. The molecule has 208 valence electrons. The summed E-state index contributed by atoms with van der Waals surface area (Å²) in [6.07, 6.45) is 4.66. The Kier molecular flexibility index (Phi) is 8.96. The zero-order valence-corrected chi connectivity index (χ0v) is 22.2. The minimum Gasteiger partial charge on any atom is -0.507 e. The number of nitrogens with zero attached hydrogens (tertiary/aromatic N) is 1. The lowest BCUT2D eigenvalue weighted by molar-refractivity contribution is -0.137. The molecular weight excluding hydrogens is 500 g/mol. The van der Waals surface area contributed by atoms with Crippen LogP contribution in [-0.4, -0.2) is 62.9 Å². The quantitative estimate of drug-likeness (QED) is 0.387. The number of ketones is 1. The molecule has 2 aromatic rings. The average Bonchev–Trinajstić information content (AvgIpc) is 2.89. The second-order valence-electron chi connectivity index (χ2n) is 10.8. The number of hydrogen-bond donors (Lipinski definition) is 5. The topological polar surface area (TPSA) is 158 Å². The number of amides is 3. The highest BCUT2D eigenvalue weighted by atomic mass is 16.3. The van der Waals surface area contributed by atoms with Crippen molar-refractivity contribution in [3.05, 3.63) is 59.9 Å². The lowest BCUT2D eigenvalue weighted by atomic mass is 9.76. The molecular formula is C29H36N4O6. The van der Waals surface area contributed by atoms with Gasteiger partial charge in [0.25, 0.3) is 5.91 Å². The monoisotopic (exact) mass is 536 g/mol. The minimum atomic E-state index is -1.28. The Balaban J connectivity index is 1.67. The Morgan fingerprint density at radius 1 is 1.05 bits per heavy atom. The molecule has 39 heavy (non-hydrogen) atoms. The number of pyridine rings is 1. The summed E-state index contributed by atoms with van der Waals surface area (Å²) in [5.41, 5.74) is 0.738. The van der Waals surface area contributed by atoms with Crippen molar-refractivity contribution in [1.29, 1.82) is 0 Å². The highest BCUT2D eigenvalue weighted by Crippen LogP contribution is 2.32. The SMILES string of the molecule is C[C@H]1CC(=O)C(C2CCC2)NC(=O)[C@H](C)[C@H](O)[C@H](Cc2cccnc2)NC(=O)[C@H]1NC(=O)c1ccccc1O. The molecule has 1 aliphatic heterocycles. The molecule has 1 saturated heterocycles. The summed E-state index contributed by atoms with van der Waals surface area (Å²) in [4.78, 5) is 57.5. The van der Waals surface area contributed by atoms with E-state index in [9.17, 15) is 29.4 Å². The van der Waals surface area contributed by atoms with Gasteiger partial charge in [-0.1, -0.05) is 38.5 Å². The highest BCUT2D eigenvalue weighted by Gasteiger charge is 2.41. The number of carbonyl (C=O) groups is 4. The third-order valence-electron chi connectivity index (χ3n) is 7.92. The Labute approximate surface area is 227 Å². The first-order valence-electron chi connectivity index (χ1n) is 13.4. The normalized spacial score (nSPS) is 28.7. The number of aliphatic hydroxyl groups excluding tert-OH is 1. The predicted octanol–water partition coefficient (Wildman–Crippen LogP) is 1.50. The number of carbonyl (C=O) groups excluding carboxylic acids is 4. The fraction of sp³-hybridized carbons (Fsp3) is 0.483. The molecule has 0 radical (unpaired) electrons. The van der Waals surface area contributed by atoms with Crippen LogP contribution >= 0.6 is 0 Å². The zero-order chi connectivity index (χ0) is 28.1. The molecule has 0 spiro atoms. The first kappa shape index (κ1) is 28.2. The molecule has 2 fully saturated rings. The molecule has 6 atom stereocenters. The van der Waals surface area contributed by atoms with Crippen LogP contribution in [0.1, 0.15) is 55.5 Å². The summed E-state index contributed by atoms with van der Waals surface area (Å²) >= 11 is 0. The van der Waals surface area contributed by atoms with Crippen LogP contribution in [0.3, 0.4) is 0 Å². The van der Waals surface area contributed by atoms with E-state index in [1.165, 1.54) is 12.1 Å². The van der Waals surface area contributed by atoms with Crippen molar-refractivity contribution >= 4 is 23.5 Å². The van der Waals surface area contributed by atoms with Crippen LogP contribution in [0, 0.1) is 17.8 Å². The molecule has 1 aliphatic carbocycles. The summed E-state index contributed by atoms with van der Waals surface area (Å²) in [6.45, 7) is 3.25. The summed E-state index contributed by atoms with van der Waals surface area (Å²) < 4.78 is 0. The van der Waals surface area contributed by atoms with E-state index >= 15 is 0 Å². The first-order chi connectivity index (χ1) is 18.7. The summed E-state index contributed by atoms with van der Waals surface area (Å²) in [6, 6.07) is 6.78. The number of rotatable bonds is 5. The lowest BCUT2D eigenvalue weighted by Gasteiger charge is -2.37. The van der Waals surface area contributed by atoms with E-state index < -0.39 is 53.8 Å². The van der Waals surface area contributed by atoms with Crippen LogP contribution in [0.2, 0.25) is 0 Å². The van der Waals surface area contributed by atoms with Gasteiger partial charge in [-0.2, -0.15) is 0 Å². The van der Waals surface area contributed by atoms with E-state index in [4.69, 9.17) is 0 Å². The second-order valence-corrected chi connectivity index (χ2v) is 10.8. The fourth-order valence-electron chi connectivity index (χ4n) is 5.24. The fourth-order valence-corrected chi connectivity index (χ4v) is 5.24. The molecule has 1 unspecified atom stereocenters. The van der Waals surface area contributed by atoms with Gasteiger partial charge in [0.1, 0.15) is 11.8 Å². The minimum absolute atomic E-state index is 0.00439. The van der Waals surface area contributed by atoms with Crippen molar-refractivity contribution < 1.29 is 29.4 Å². The van der Waals surface area contributed by atoms with Crippen LogP contribution in [0.4, 0.5) is 0 Å². The molecule has 2 heterocycles. The van der Waals surface area contributed by atoms with Crippen molar-refractivity contribution in [3.8, 4) is 5.75 Å². The molecule has 5 N–H and O–H groups in total. The van der Waals surface area contributed by atoms with Gasteiger partial charge in [-0.15, -0.1) is 0 Å². The van der Waals surface area contributed by atoms with Crippen LogP contribution in [-0.2, 0) is 20.8 Å². The summed E-state index contributed by atoms with van der Waals surface area (Å²) in [5.74, 6) is -3.73. The van der Waals surface area contributed by atoms with Gasteiger partial charge in [-0.3, -0.25) is 24.2 Å². The van der Waals surface area contributed by atoms with Gasteiger partial charge in [0.05, 0.1) is 29.7 Å². The van der Waals surface area contributed by atoms with Gasteiger partial charge in [0, 0.05) is 18.8 Å². The van der Waals surface area contributed by atoms with Crippen LogP contribution in [0.25, 0.3) is 0 Å². The number of para-hydroxylation sites is 1. The maximum absolute atomic E-state index is 13.7. The summed E-state index contributed by atoms with van der Waals surface area (Å²) in [7, 11) is 0. The van der Waals surface area contributed by atoms with Gasteiger partial charge >= 0.3 is 0 Å². The van der Waals surface area contributed by atoms with Crippen molar-refractivity contribution in [2.75, 3.05) is 0 Å². The molecule has 4 rings (SSSR count). The largest absolute Gasteiger partial charge is 0.507 e. The maximum atomic E-state index is 13.7. The molecule has 10 heteroatoms. The Bertz CT molecular complexity index is 1200. The zero-order valence-electron chi connectivity index (χ0n) is 22.2. The van der Waals surface area contributed by atoms with Crippen LogP contribution in [0.5, 0.6) is 5.75 Å². The van der Waals surface area contributed by atoms with Gasteiger partial charge in [-0.25, -0.2) is 0 Å². The first-order valence-corrected chi connectivity index (χ1v) is 13.4. The van der Waals surface area contributed by atoms with Gasteiger partial charge in [-0.05, 0) is 54.9 Å². The number of hydrogen-bond acceptors (Lipinski definition) is 7. The average molecular weight is 537 g/mol. The number of nitrogens with one attached hydrogen (secondary N) is 3. The van der Waals surface area contributed by atoms with Crippen molar-refractivity contribution in [2.24, 2.45) is 17.8 Å². The highest BCUT2D eigenvalue weighted by molar-refractivity contribution is 6.00. The van der Waals surface area contributed by atoms with Crippen molar-refractivity contribution in [3.63, 3.8) is 0 Å². The van der Waals surface area contributed by atoms with Crippen molar-refractivity contribution in [2.45, 2.75) is 70.2 Å². The molecule has 10 nitrogen and oxygen atoms in total. The lowest BCUT2D eigenvalue weighted by Crippen LogP contribution is -2.59. The van der Waals surface area contributed by atoms with E-state index in [0.717, 1.165) is 24.8 Å². The molecule has 1 aromatic heterocycles. The van der Waals surface area contributed by atoms with E-state index in [1.54, 1.807) is 50.5 Å². The van der Waals surface area contributed by atoms with Crippen molar-refractivity contribution in [1.82, 2.24) is 20.9 Å².